The SMILES string of the molecule is CC(=O)C1NCC2(CCCCC2)O1. The lowest BCUT2D eigenvalue weighted by Gasteiger charge is -2.31. The molecule has 0 radical (unpaired) electrons. The van der Waals surface area contributed by atoms with Crippen molar-refractivity contribution in [2.75, 3.05) is 6.54 Å². The lowest BCUT2D eigenvalue weighted by molar-refractivity contribution is -0.135. The summed E-state index contributed by atoms with van der Waals surface area (Å²) in [4.78, 5) is 11.1. The molecule has 0 aromatic heterocycles. The molecule has 1 N–H and O–H groups in total. The summed E-state index contributed by atoms with van der Waals surface area (Å²) in [7, 11) is 0. The van der Waals surface area contributed by atoms with Crippen LogP contribution in [0.15, 0.2) is 0 Å². The maximum absolute atomic E-state index is 11.1. The van der Waals surface area contributed by atoms with Gasteiger partial charge in [-0.3, -0.25) is 10.1 Å². The van der Waals surface area contributed by atoms with E-state index in [0.717, 1.165) is 19.4 Å². The molecule has 1 saturated heterocycles. The standard InChI is InChI=1S/C10H17NO2/c1-8(12)9-11-7-10(13-9)5-3-2-4-6-10/h9,11H,2-7H2,1H3. The van der Waals surface area contributed by atoms with E-state index in [9.17, 15) is 4.79 Å². The number of rotatable bonds is 1. The van der Waals surface area contributed by atoms with Gasteiger partial charge in [-0.05, 0) is 19.8 Å². The Morgan fingerprint density at radius 1 is 1.38 bits per heavy atom. The van der Waals surface area contributed by atoms with Crippen molar-refractivity contribution in [1.82, 2.24) is 5.32 Å². The van der Waals surface area contributed by atoms with Crippen LogP contribution >= 0.6 is 0 Å². The first-order valence-corrected chi connectivity index (χ1v) is 5.14. The number of Topliss-reactive ketones (excluding diaryl/α,β-unsaturated/α-hetero) is 1. The van der Waals surface area contributed by atoms with Crippen LogP contribution in [0.5, 0.6) is 0 Å². The van der Waals surface area contributed by atoms with Crippen molar-refractivity contribution in [3.05, 3.63) is 0 Å². The van der Waals surface area contributed by atoms with E-state index in [4.69, 9.17) is 4.74 Å². The van der Waals surface area contributed by atoms with Crippen LogP contribution in [0, 0.1) is 0 Å². The number of hydrogen-bond donors (Lipinski definition) is 1. The zero-order chi connectivity index (χ0) is 9.31. The van der Waals surface area contributed by atoms with E-state index in [-0.39, 0.29) is 17.6 Å². The molecule has 0 amide bonds. The molecule has 1 saturated carbocycles. The molecule has 3 nitrogen and oxygen atoms in total. The Bertz CT molecular complexity index is 209. The molecule has 13 heavy (non-hydrogen) atoms. The van der Waals surface area contributed by atoms with Crippen LogP contribution in [0.25, 0.3) is 0 Å². The van der Waals surface area contributed by atoms with E-state index in [1.54, 1.807) is 6.92 Å². The van der Waals surface area contributed by atoms with Gasteiger partial charge in [0.05, 0.1) is 5.60 Å². The van der Waals surface area contributed by atoms with Crippen LogP contribution in [0.2, 0.25) is 0 Å². The predicted octanol–water partition coefficient (Wildman–Crippen LogP) is 1.22. The van der Waals surface area contributed by atoms with Crippen molar-refractivity contribution in [2.24, 2.45) is 0 Å². The Labute approximate surface area is 78.8 Å². The van der Waals surface area contributed by atoms with E-state index in [1.807, 2.05) is 0 Å². The van der Waals surface area contributed by atoms with Gasteiger partial charge in [-0.15, -0.1) is 0 Å². The van der Waals surface area contributed by atoms with Crippen LogP contribution < -0.4 is 5.32 Å². The van der Waals surface area contributed by atoms with Gasteiger partial charge in [0.15, 0.2) is 12.0 Å². The van der Waals surface area contributed by atoms with Gasteiger partial charge in [0.2, 0.25) is 0 Å². The first-order chi connectivity index (χ1) is 6.22. The highest BCUT2D eigenvalue weighted by Crippen LogP contribution is 2.34. The highest BCUT2D eigenvalue weighted by Gasteiger charge is 2.41. The van der Waals surface area contributed by atoms with Gasteiger partial charge in [0, 0.05) is 6.54 Å². The normalized spacial score (nSPS) is 32.2. The summed E-state index contributed by atoms with van der Waals surface area (Å²) >= 11 is 0. The predicted molar refractivity (Wildman–Crippen MR) is 49.4 cm³/mol. The molecule has 0 bridgehead atoms. The molecule has 2 rings (SSSR count). The van der Waals surface area contributed by atoms with Gasteiger partial charge in [-0.1, -0.05) is 19.3 Å². The molecule has 1 unspecified atom stereocenters. The Kier molecular flexibility index (Phi) is 2.39. The van der Waals surface area contributed by atoms with Gasteiger partial charge >= 0.3 is 0 Å². The zero-order valence-corrected chi connectivity index (χ0v) is 8.14. The van der Waals surface area contributed by atoms with E-state index in [0.29, 0.717) is 0 Å². The Morgan fingerprint density at radius 3 is 2.62 bits per heavy atom. The number of nitrogens with one attached hydrogen (secondary N) is 1. The molecule has 74 valence electrons. The van der Waals surface area contributed by atoms with Gasteiger partial charge in [-0.25, -0.2) is 0 Å². The molecule has 0 aromatic rings. The second kappa shape index (κ2) is 3.39. The minimum absolute atomic E-state index is 0.00537. The number of carbonyl (C=O) groups is 1. The van der Waals surface area contributed by atoms with Gasteiger partial charge in [-0.2, -0.15) is 0 Å². The van der Waals surface area contributed by atoms with Crippen LogP contribution in [0.1, 0.15) is 39.0 Å². The van der Waals surface area contributed by atoms with E-state index < -0.39 is 0 Å². The zero-order valence-electron chi connectivity index (χ0n) is 8.14. The summed E-state index contributed by atoms with van der Waals surface area (Å²) in [5.41, 5.74) is -0.00537. The second-order valence-electron chi connectivity index (χ2n) is 4.23. The lowest BCUT2D eigenvalue weighted by atomic mass is 9.85. The van der Waals surface area contributed by atoms with Crippen molar-refractivity contribution in [3.63, 3.8) is 0 Å². The molecule has 0 aromatic carbocycles. The van der Waals surface area contributed by atoms with Crippen LogP contribution in [-0.4, -0.2) is 24.2 Å². The highest BCUT2D eigenvalue weighted by molar-refractivity contribution is 5.80. The molecule has 1 aliphatic heterocycles. The van der Waals surface area contributed by atoms with E-state index in [1.165, 1.54) is 19.3 Å². The summed E-state index contributed by atoms with van der Waals surface area (Å²) in [5, 5.41) is 3.14. The molecule has 2 fully saturated rings. The third-order valence-electron chi connectivity index (χ3n) is 3.11. The summed E-state index contributed by atoms with van der Waals surface area (Å²) < 4.78 is 5.79. The maximum atomic E-state index is 11.1. The number of ether oxygens (including phenoxy) is 1. The number of hydrogen-bond acceptors (Lipinski definition) is 3. The number of carbonyl (C=O) groups excluding carboxylic acids is 1. The monoisotopic (exact) mass is 183 g/mol. The lowest BCUT2D eigenvalue weighted by Crippen LogP contribution is -2.35. The summed E-state index contributed by atoms with van der Waals surface area (Å²) in [6.45, 7) is 2.44. The largest absolute Gasteiger partial charge is 0.348 e. The molecule has 1 aliphatic carbocycles. The molecule has 1 heterocycles. The van der Waals surface area contributed by atoms with Crippen LogP contribution in [-0.2, 0) is 9.53 Å². The Balaban J connectivity index is 1.98. The minimum atomic E-state index is -0.335. The van der Waals surface area contributed by atoms with Crippen molar-refractivity contribution in [2.45, 2.75) is 50.9 Å². The topological polar surface area (TPSA) is 38.3 Å². The molecular weight excluding hydrogens is 166 g/mol. The third kappa shape index (κ3) is 1.76. The Hall–Kier alpha value is -0.410. The molecule has 3 heteroatoms. The Morgan fingerprint density at radius 2 is 2.08 bits per heavy atom. The fourth-order valence-corrected chi connectivity index (χ4v) is 2.33. The highest BCUT2D eigenvalue weighted by atomic mass is 16.5. The molecular formula is C10H17NO2. The maximum Gasteiger partial charge on any atom is 0.173 e. The summed E-state index contributed by atoms with van der Waals surface area (Å²) in [6, 6.07) is 0. The fraction of sp³-hybridized carbons (Fsp3) is 0.900. The smallest absolute Gasteiger partial charge is 0.173 e. The van der Waals surface area contributed by atoms with Crippen molar-refractivity contribution in [1.29, 1.82) is 0 Å². The average Bonchev–Trinajstić information content (AvgIpc) is 2.51. The van der Waals surface area contributed by atoms with Gasteiger partial charge in [0.1, 0.15) is 0 Å². The molecule has 1 atom stereocenters. The summed E-state index contributed by atoms with van der Waals surface area (Å²) in [6.07, 6.45) is 5.69. The van der Waals surface area contributed by atoms with E-state index in [2.05, 4.69) is 5.32 Å². The van der Waals surface area contributed by atoms with Gasteiger partial charge < -0.3 is 4.74 Å². The molecule has 1 spiro atoms. The van der Waals surface area contributed by atoms with Crippen molar-refractivity contribution in [3.8, 4) is 0 Å². The minimum Gasteiger partial charge on any atom is -0.348 e. The van der Waals surface area contributed by atoms with Crippen LogP contribution in [0.3, 0.4) is 0 Å². The fourth-order valence-electron chi connectivity index (χ4n) is 2.33. The quantitative estimate of drug-likeness (QED) is 0.664. The first-order valence-electron chi connectivity index (χ1n) is 5.14. The third-order valence-corrected chi connectivity index (χ3v) is 3.11. The van der Waals surface area contributed by atoms with E-state index >= 15 is 0 Å². The average molecular weight is 183 g/mol. The first kappa shape index (κ1) is 9.16. The molecule has 2 aliphatic rings. The second-order valence-corrected chi connectivity index (χ2v) is 4.23. The van der Waals surface area contributed by atoms with Crippen molar-refractivity contribution < 1.29 is 9.53 Å². The van der Waals surface area contributed by atoms with Crippen molar-refractivity contribution >= 4 is 5.78 Å². The summed E-state index contributed by atoms with van der Waals surface area (Å²) in [5.74, 6) is 0.0995. The van der Waals surface area contributed by atoms with Gasteiger partial charge in [0.25, 0.3) is 0 Å². The van der Waals surface area contributed by atoms with Crippen LogP contribution in [0.4, 0.5) is 0 Å². The number of ketones is 1.